The summed E-state index contributed by atoms with van der Waals surface area (Å²) in [5.41, 5.74) is 3.18. The Morgan fingerprint density at radius 3 is 2.54 bits per heavy atom. The van der Waals surface area contributed by atoms with E-state index >= 15 is 0 Å². The first-order chi connectivity index (χ1) is 11.7. The largest absolute Gasteiger partial charge is 0.497 e. The van der Waals surface area contributed by atoms with Crippen molar-refractivity contribution in [3.8, 4) is 5.75 Å². The number of rotatable bonds is 3. The van der Waals surface area contributed by atoms with Gasteiger partial charge in [0.15, 0.2) is 0 Å². The molecule has 1 unspecified atom stereocenters. The maximum absolute atomic E-state index is 6.01. The molecule has 0 bridgehead atoms. The second-order valence-corrected chi connectivity index (χ2v) is 6.00. The maximum Gasteiger partial charge on any atom is 0.248 e. The molecule has 0 fully saturated rings. The standard InChI is InChI=1S/C18H15ClN4O/c1-24-15-8-4-12(5-9-15)16-10-17(13-2-6-14(19)7-3-13)23-18(22-16)20-11-21-23/h2-9,11,17H,10H2,1H3. The summed E-state index contributed by atoms with van der Waals surface area (Å²) < 4.78 is 7.08. The first-order valence-electron chi connectivity index (χ1n) is 7.61. The summed E-state index contributed by atoms with van der Waals surface area (Å²) in [6.07, 6.45) is 2.28. The van der Waals surface area contributed by atoms with E-state index in [1.807, 2.05) is 53.2 Å². The van der Waals surface area contributed by atoms with Gasteiger partial charge in [0.2, 0.25) is 5.95 Å². The lowest BCUT2D eigenvalue weighted by Gasteiger charge is -2.24. The van der Waals surface area contributed by atoms with Crippen molar-refractivity contribution in [1.29, 1.82) is 0 Å². The van der Waals surface area contributed by atoms with Crippen molar-refractivity contribution in [1.82, 2.24) is 14.8 Å². The number of halogens is 1. The van der Waals surface area contributed by atoms with Crippen LogP contribution in [0, 0.1) is 0 Å². The molecule has 2 aromatic carbocycles. The molecule has 5 nitrogen and oxygen atoms in total. The lowest BCUT2D eigenvalue weighted by Crippen LogP contribution is -2.21. The van der Waals surface area contributed by atoms with Crippen LogP contribution < -0.4 is 4.74 Å². The number of hydrogen-bond donors (Lipinski definition) is 0. The number of benzene rings is 2. The van der Waals surface area contributed by atoms with Gasteiger partial charge in [-0.15, -0.1) is 0 Å². The molecule has 0 saturated heterocycles. The molecule has 0 radical (unpaired) electrons. The van der Waals surface area contributed by atoms with Crippen molar-refractivity contribution < 1.29 is 4.74 Å². The summed E-state index contributed by atoms with van der Waals surface area (Å²) in [6.45, 7) is 0. The van der Waals surface area contributed by atoms with Crippen LogP contribution in [0.4, 0.5) is 5.95 Å². The molecule has 2 heterocycles. The normalized spacial score (nSPS) is 16.4. The van der Waals surface area contributed by atoms with E-state index in [2.05, 4.69) is 15.1 Å². The van der Waals surface area contributed by atoms with Gasteiger partial charge in [-0.1, -0.05) is 23.7 Å². The van der Waals surface area contributed by atoms with Crippen molar-refractivity contribution in [2.24, 2.45) is 4.99 Å². The second kappa shape index (κ2) is 6.09. The van der Waals surface area contributed by atoms with E-state index in [0.717, 1.165) is 34.0 Å². The minimum Gasteiger partial charge on any atom is -0.497 e. The quantitative estimate of drug-likeness (QED) is 0.723. The molecule has 0 spiro atoms. The van der Waals surface area contributed by atoms with Gasteiger partial charge in [0.1, 0.15) is 12.1 Å². The zero-order valence-electron chi connectivity index (χ0n) is 13.1. The first kappa shape index (κ1) is 14.9. The van der Waals surface area contributed by atoms with Crippen LogP contribution in [-0.4, -0.2) is 27.6 Å². The molecular formula is C18H15ClN4O. The molecule has 24 heavy (non-hydrogen) atoms. The molecule has 4 rings (SSSR count). The summed E-state index contributed by atoms with van der Waals surface area (Å²) >= 11 is 6.01. The van der Waals surface area contributed by atoms with Crippen LogP contribution in [0.25, 0.3) is 0 Å². The number of ether oxygens (including phenoxy) is 1. The molecule has 1 aromatic heterocycles. The molecule has 0 N–H and O–H groups in total. The predicted octanol–water partition coefficient (Wildman–Crippen LogP) is 4.05. The fraction of sp³-hybridized carbons (Fsp3) is 0.167. The molecule has 6 heteroatoms. The lowest BCUT2D eigenvalue weighted by atomic mass is 9.96. The third-order valence-electron chi connectivity index (χ3n) is 4.15. The summed E-state index contributed by atoms with van der Waals surface area (Å²) in [7, 11) is 1.66. The molecule has 120 valence electrons. The van der Waals surface area contributed by atoms with Crippen LogP contribution in [0.15, 0.2) is 59.9 Å². The van der Waals surface area contributed by atoms with E-state index in [4.69, 9.17) is 16.3 Å². The number of fused-ring (bicyclic) bond motifs is 1. The highest BCUT2D eigenvalue weighted by Gasteiger charge is 2.26. The van der Waals surface area contributed by atoms with Crippen molar-refractivity contribution in [3.05, 3.63) is 71.0 Å². The van der Waals surface area contributed by atoms with Gasteiger partial charge in [-0.3, -0.25) is 0 Å². The minimum absolute atomic E-state index is 0.0503. The molecule has 0 amide bonds. The van der Waals surface area contributed by atoms with Crippen LogP contribution in [0.5, 0.6) is 5.75 Å². The third-order valence-corrected chi connectivity index (χ3v) is 4.40. The number of methoxy groups -OCH3 is 1. The van der Waals surface area contributed by atoms with Crippen molar-refractivity contribution >= 4 is 23.3 Å². The average Bonchev–Trinajstić information content (AvgIpc) is 3.10. The van der Waals surface area contributed by atoms with Crippen LogP contribution in [-0.2, 0) is 0 Å². The van der Waals surface area contributed by atoms with E-state index in [-0.39, 0.29) is 6.04 Å². The minimum atomic E-state index is 0.0503. The Morgan fingerprint density at radius 2 is 1.83 bits per heavy atom. The average molecular weight is 339 g/mol. The topological polar surface area (TPSA) is 52.3 Å². The maximum atomic E-state index is 6.01. The Kier molecular flexibility index (Phi) is 3.78. The van der Waals surface area contributed by atoms with Gasteiger partial charge in [0, 0.05) is 11.4 Å². The Hall–Kier alpha value is -2.66. The smallest absolute Gasteiger partial charge is 0.248 e. The summed E-state index contributed by atoms with van der Waals surface area (Å²) in [5, 5.41) is 5.06. The molecule has 1 aliphatic heterocycles. The Morgan fingerprint density at radius 1 is 1.08 bits per heavy atom. The van der Waals surface area contributed by atoms with Gasteiger partial charge in [0.05, 0.1) is 18.9 Å². The fourth-order valence-corrected chi connectivity index (χ4v) is 3.02. The highest BCUT2D eigenvalue weighted by Crippen LogP contribution is 2.32. The second-order valence-electron chi connectivity index (χ2n) is 5.56. The van der Waals surface area contributed by atoms with Gasteiger partial charge in [0.25, 0.3) is 0 Å². The van der Waals surface area contributed by atoms with Gasteiger partial charge in [-0.05, 0) is 47.5 Å². The monoisotopic (exact) mass is 338 g/mol. The molecule has 1 atom stereocenters. The lowest BCUT2D eigenvalue weighted by molar-refractivity contribution is 0.415. The number of aliphatic imine (C=N–C) groups is 1. The third kappa shape index (κ3) is 2.67. The van der Waals surface area contributed by atoms with E-state index in [1.54, 1.807) is 13.4 Å². The molecule has 3 aromatic rings. The number of nitrogens with zero attached hydrogens (tertiary/aromatic N) is 4. The van der Waals surface area contributed by atoms with Gasteiger partial charge in [-0.2, -0.15) is 10.1 Å². The van der Waals surface area contributed by atoms with Gasteiger partial charge >= 0.3 is 0 Å². The van der Waals surface area contributed by atoms with E-state index in [9.17, 15) is 0 Å². The molecule has 1 aliphatic rings. The van der Waals surface area contributed by atoms with Crippen LogP contribution in [0.1, 0.15) is 23.6 Å². The highest BCUT2D eigenvalue weighted by molar-refractivity contribution is 6.30. The molecular weight excluding hydrogens is 324 g/mol. The van der Waals surface area contributed by atoms with E-state index in [0.29, 0.717) is 5.95 Å². The number of hydrogen-bond acceptors (Lipinski definition) is 4. The van der Waals surface area contributed by atoms with Crippen molar-refractivity contribution in [2.45, 2.75) is 12.5 Å². The SMILES string of the molecule is COc1ccc(C2=Nc3ncnn3C(c3ccc(Cl)cc3)C2)cc1. The van der Waals surface area contributed by atoms with Crippen LogP contribution >= 0.6 is 11.6 Å². The molecule has 0 saturated carbocycles. The Bertz CT molecular complexity index is 884. The van der Waals surface area contributed by atoms with Crippen LogP contribution in [0.3, 0.4) is 0 Å². The number of aromatic nitrogens is 3. The van der Waals surface area contributed by atoms with Crippen molar-refractivity contribution in [3.63, 3.8) is 0 Å². The van der Waals surface area contributed by atoms with E-state index < -0.39 is 0 Å². The fourth-order valence-electron chi connectivity index (χ4n) is 2.89. The zero-order chi connectivity index (χ0) is 16.5. The van der Waals surface area contributed by atoms with Gasteiger partial charge in [-0.25, -0.2) is 9.67 Å². The summed E-state index contributed by atoms with van der Waals surface area (Å²) in [6, 6.07) is 15.8. The highest BCUT2D eigenvalue weighted by atomic mass is 35.5. The summed E-state index contributed by atoms with van der Waals surface area (Å²) in [5.74, 6) is 1.44. The van der Waals surface area contributed by atoms with Crippen molar-refractivity contribution in [2.75, 3.05) is 7.11 Å². The Balaban J connectivity index is 1.74. The zero-order valence-corrected chi connectivity index (χ0v) is 13.8. The van der Waals surface area contributed by atoms with Gasteiger partial charge < -0.3 is 4.74 Å². The Labute approximate surface area is 144 Å². The first-order valence-corrected chi connectivity index (χ1v) is 7.99. The molecule has 0 aliphatic carbocycles. The van der Waals surface area contributed by atoms with E-state index in [1.165, 1.54) is 0 Å². The summed E-state index contributed by atoms with van der Waals surface area (Å²) in [4.78, 5) is 8.94. The predicted molar refractivity (Wildman–Crippen MR) is 93.4 cm³/mol. The van der Waals surface area contributed by atoms with Crippen LogP contribution in [0.2, 0.25) is 5.02 Å².